The van der Waals surface area contributed by atoms with Gasteiger partial charge in [-0.05, 0) is 12.8 Å². The Hall–Kier alpha value is 0.220. The lowest BCUT2D eigenvalue weighted by Crippen LogP contribution is -3.00. The van der Waals surface area contributed by atoms with Gasteiger partial charge in [0.1, 0.15) is 19.3 Å². The van der Waals surface area contributed by atoms with Crippen molar-refractivity contribution >= 4 is 0 Å². The molecular formula is C31H66Cl2N2O7. The van der Waals surface area contributed by atoms with E-state index >= 15 is 0 Å². The van der Waals surface area contributed by atoms with Gasteiger partial charge in [-0.2, -0.15) is 0 Å². The van der Waals surface area contributed by atoms with Crippen LogP contribution in [0.5, 0.6) is 0 Å². The quantitative estimate of drug-likeness (QED) is 0.0745. The van der Waals surface area contributed by atoms with Crippen LogP contribution in [0.2, 0.25) is 0 Å². The van der Waals surface area contributed by atoms with E-state index < -0.39 is 36.1 Å². The number of hydrogen-bond donors (Lipinski definition) is 3. The zero-order valence-electron chi connectivity index (χ0n) is 28.4. The maximum Gasteiger partial charge on any atom is 0.221 e. The lowest BCUT2D eigenvalue weighted by atomic mass is 9.91. The summed E-state index contributed by atoms with van der Waals surface area (Å²) in [6.07, 6.45) is 9.96. The van der Waals surface area contributed by atoms with Crippen LogP contribution in [0.4, 0.5) is 0 Å². The van der Waals surface area contributed by atoms with Gasteiger partial charge in [0, 0.05) is 26.9 Å². The summed E-state index contributed by atoms with van der Waals surface area (Å²) in [6.45, 7) is 8.90. The monoisotopic (exact) mass is 648 g/mol. The van der Waals surface area contributed by atoms with E-state index in [2.05, 4.69) is 6.92 Å². The Morgan fingerprint density at radius 3 is 1.76 bits per heavy atom. The largest absolute Gasteiger partial charge is 1.00 e. The minimum Gasteiger partial charge on any atom is -1.00 e. The molecule has 1 aliphatic heterocycles. The maximum atomic E-state index is 11.4. The molecular weight excluding hydrogens is 583 g/mol. The van der Waals surface area contributed by atoms with Crippen molar-refractivity contribution in [1.82, 2.24) is 0 Å². The van der Waals surface area contributed by atoms with E-state index in [1.807, 2.05) is 42.2 Å². The number of methoxy groups -OCH3 is 1. The molecule has 256 valence electrons. The molecule has 1 fully saturated rings. The Morgan fingerprint density at radius 1 is 0.786 bits per heavy atom. The van der Waals surface area contributed by atoms with Gasteiger partial charge in [-0.25, -0.2) is 0 Å². The standard InChI is InChI=1S/C31H66N2O7.2ClH/c1-11-12-13-14-15-16-17-18-19-20-21-33(8,9)31(4,36)24-39-28-27(34)25(2)26(40-29(28)37-10)22-38-23-30(3,35)32(5,6)7;;/h25-29,34-36H,11-24H2,1-10H3;2*1H/q+2;;/p-2. The van der Waals surface area contributed by atoms with Crippen LogP contribution in [0.1, 0.15) is 91.9 Å². The summed E-state index contributed by atoms with van der Waals surface area (Å²) in [5, 5.41) is 33.2. The minimum atomic E-state index is -1.14. The molecule has 1 rings (SSSR count). The lowest BCUT2D eigenvalue weighted by Gasteiger charge is -2.46. The lowest BCUT2D eigenvalue weighted by molar-refractivity contribution is -0.965. The highest BCUT2D eigenvalue weighted by atomic mass is 35.5. The Kier molecular flexibility index (Phi) is 21.5. The fourth-order valence-electron chi connectivity index (χ4n) is 4.84. The molecule has 42 heavy (non-hydrogen) atoms. The van der Waals surface area contributed by atoms with Crippen LogP contribution >= 0.6 is 0 Å². The molecule has 0 aliphatic carbocycles. The van der Waals surface area contributed by atoms with Crippen molar-refractivity contribution in [2.75, 3.05) is 68.7 Å². The van der Waals surface area contributed by atoms with Gasteiger partial charge in [0.25, 0.3) is 0 Å². The molecule has 0 saturated carbocycles. The number of rotatable bonds is 21. The highest BCUT2D eigenvalue weighted by molar-refractivity contribution is 4.88. The molecule has 0 bridgehead atoms. The summed E-state index contributed by atoms with van der Waals surface area (Å²) >= 11 is 0. The number of likely N-dealkylation sites (N-methyl/N-ethyl adjacent to an activating group) is 2. The average Bonchev–Trinajstić information content (AvgIpc) is 2.86. The van der Waals surface area contributed by atoms with E-state index in [1.165, 1.54) is 64.9 Å². The van der Waals surface area contributed by atoms with Gasteiger partial charge in [-0.3, -0.25) is 4.48 Å². The first-order chi connectivity index (χ1) is 18.5. The van der Waals surface area contributed by atoms with Gasteiger partial charge in [0.2, 0.25) is 11.4 Å². The van der Waals surface area contributed by atoms with Crippen LogP contribution < -0.4 is 24.8 Å². The molecule has 0 amide bonds. The third-order valence-electron chi connectivity index (χ3n) is 9.30. The summed E-state index contributed by atoms with van der Waals surface area (Å²) in [5.74, 6) is -0.287. The average molecular weight is 650 g/mol. The van der Waals surface area contributed by atoms with Crippen molar-refractivity contribution in [1.29, 1.82) is 0 Å². The minimum absolute atomic E-state index is 0. The first kappa shape index (κ1) is 44.3. The van der Waals surface area contributed by atoms with Crippen LogP contribution in [0.15, 0.2) is 0 Å². The Morgan fingerprint density at radius 2 is 1.29 bits per heavy atom. The number of aliphatic hydroxyl groups excluding tert-OH is 1. The topological polar surface area (TPSA) is 97.6 Å². The Balaban J connectivity index is 0. The second-order valence-corrected chi connectivity index (χ2v) is 14.0. The number of unbranched alkanes of at least 4 members (excludes halogenated alkanes) is 9. The fourth-order valence-corrected chi connectivity index (χ4v) is 4.84. The number of aliphatic hydroxyl groups is 3. The van der Waals surface area contributed by atoms with Crippen LogP contribution in [-0.2, 0) is 18.9 Å². The Labute approximate surface area is 270 Å². The number of ether oxygens (including phenoxy) is 4. The highest BCUT2D eigenvalue weighted by Crippen LogP contribution is 2.31. The molecule has 0 radical (unpaired) electrons. The molecule has 3 N–H and O–H groups in total. The zero-order chi connectivity index (χ0) is 30.6. The number of quaternary nitrogens is 2. The summed E-state index contributed by atoms with van der Waals surface area (Å²) in [5.41, 5.74) is -2.20. The van der Waals surface area contributed by atoms with Gasteiger partial charge in [-0.1, -0.05) is 65.2 Å². The van der Waals surface area contributed by atoms with E-state index in [9.17, 15) is 15.3 Å². The second kappa shape index (κ2) is 20.4. The molecule has 7 atom stereocenters. The predicted molar refractivity (Wildman–Crippen MR) is 159 cm³/mol. The SMILES string of the molecule is CCCCCCCCCCCC[N+](C)(C)C(C)(O)COC1C(OC)OC(COCC(C)(O)[N+](C)(C)C)C(C)C1O.[Cl-].[Cl-]. The van der Waals surface area contributed by atoms with Crippen LogP contribution in [0, 0.1) is 5.92 Å². The predicted octanol–water partition coefficient (Wildman–Crippen LogP) is -2.11. The summed E-state index contributed by atoms with van der Waals surface area (Å²) in [7, 11) is 11.3. The second-order valence-electron chi connectivity index (χ2n) is 14.0. The summed E-state index contributed by atoms with van der Waals surface area (Å²) in [4.78, 5) is 0. The third kappa shape index (κ3) is 14.1. The van der Waals surface area contributed by atoms with Crippen molar-refractivity contribution in [3.63, 3.8) is 0 Å². The first-order valence-electron chi connectivity index (χ1n) is 15.7. The van der Waals surface area contributed by atoms with E-state index in [0.717, 1.165) is 13.0 Å². The molecule has 7 unspecified atom stereocenters. The zero-order valence-corrected chi connectivity index (χ0v) is 29.9. The number of hydrogen-bond acceptors (Lipinski definition) is 7. The van der Waals surface area contributed by atoms with Crippen molar-refractivity contribution in [2.24, 2.45) is 5.92 Å². The van der Waals surface area contributed by atoms with Crippen LogP contribution in [0.3, 0.4) is 0 Å². The Bertz CT molecular complexity index is 691. The van der Waals surface area contributed by atoms with Crippen molar-refractivity contribution in [3.8, 4) is 0 Å². The molecule has 9 nitrogen and oxygen atoms in total. The van der Waals surface area contributed by atoms with Crippen molar-refractivity contribution in [2.45, 2.75) is 128 Å². The molecule has 0 aromatic carbocycles. The summed E-state index contributed by atoms with van der Waals surface area (Å²) in [6, 6.07) is 0. The summed E-state index contributed by atoms with van der Waals surface area (Å²) < 4.78 is 24.3. The molecule has 1 heterocycles. The molecule has 0 aromatic rings. The van der Waals surface area contributed by atoms with Gasteiger partial charge < -0.3 is 63.6 Å². The van der Waals surface area contributed by atoms with Gasteiger partial charge in [-0.15, -0.1) is 0 Å². The van der Waals surface area contributed by atoms with E-state index in [4.69, 9.17) is 18.9 Å². The third-order valence-corrected chi connectivity index (χ3v) is 9.30. The molecule has 1 saturated heterocycles. The van der Waals surface area contributed by atoms with Crippen molar-refractivity contribution in [3.05, 3.63) is 0 Å². The highest BCUT2D eigenvalue weighted by Gasteiger charge is 2.47. The normalized spacial score (nSPS) is 26.1. The number of halogens is 2. The first-order valence-corrected chi connectivity index (χ1v) is 15.7. The van der Waals surface area contributed by atoms with Crippen molar-refractivity contribution < 1.29 is 68.0 Å². The fraction of sp³-hybridized carbons (Fsp3) is 1.00. The van der Waals surface area contributed by atoms with Gasteiger partial charge >= 0.3 is 0 Å². The molecule has 0 aromatic heterocycles. The van der Waals surface area contributed by atoms with Crippen LogP contribution in [0.25, 0.3) is 0 Å². The molecule has 0 spiro atoms. The number of nitrogens with zero attached hydrogens (tertiary/aromatic N) is 2. The van der Waals surface area contributed by atoms with Gasteiger partial charge in [0.05, 0.1) is 60.6 Å². The van der Waals surface area contributed by atoms with E-state index in [-0.39, 0.29) is 50.6 Å². The van der Waals surface area contributed by atoms with E-state index in [0.29, 0.717) is 8.97 Å². The molecule has 1 aliphatic rings. The van der Waals surface area contributed by atoms with Gasteiger partial charge in [0.15, 0.2) is 6.29 Å². The molecule has 11 heteroatoms. The smallest absolute Gasteiger partial charge is 0.221 e. The maximum absolute atomic E-state index is 11.4. The van der Waals surface area contributed by atoms with E-state index in [1.54, 1.807) is 13.8 Å². The van der Waals surface area contributed by atoms with Crippen LogP contribution in [-0.4, -0.2) is 129 Å².